The molecule has 0 spiro atoms. The lowest BCUT2D eigenvalue weighted by Crippen LogP contribution is -2.23. The standard InChI is InChI=1S/C12H20O/c1-3-8-12(13-4-2)11-9-6-5-7-10-11/h3-4,11-12H,1-2,5-10H2. The Morgan fingerprint density at radius 1 is 1.23 bits per heavy atom. The fraction of sp³-hybridized carbons (Fsp3) is 0.667. The topological polar surface area (TPSA) is 9.23 Å². The van der Waals surface area contributed by atoms with E-state index in [0.717, 1.165) is 12.3 Å². The van der Waals surface area contributed by atoms with E-state index in [0.29, 0.717) is 6.10 Å². The Morgan fingerprint density at radius 3 is 2.46 bits per heavy atom. The van der Waals surface area contributed by atoms with Gasteiger partial charge in [0.2, 0.25) is 0 Å². The van der Waals surface area contributed by atoms with E-state index in [1.165, 1.54) is 32.1 Å². The van der Waals surface area contributed by atoms with Gasteiger partial charge in [-0.3, -0.25) is 0 Å². The Kier molecular flexibility index (Phi) is 4.66. The van der Waals surface area contributed by atoms with E-state index in [1.54, 1.807) is 6.26 Å². The molecular formula is C12H20O. The van der Waals surface area contributed by atoms with Crippen LogP contribution in [0.5, 0.6) is 0 Å². The van der Waals surface area contributed by atoms with Crippen molar-refractivity contribution in [3.63, 3.8) is 0 Å². The van der Waals surface area contributed by atoms with Crippen LogP contribution in [-0.2, 0) is 4.74 Å². The Balaban J connectivity index is 2.40. The van der Waals surface area contributed by atoms with Crippen LogP contribution in [-0.4, -0.2) is 6.10 Å². The summed E-state index contributed by atoms with van der Waals surface area (Å²) >= 11 is 0. The molecule has 0 bridgehead atoms. The molecule has 0 amide bonds. The minimum Gasteiger partial charge on any atom is -0.498 e. The minimum atomic E-state index is 0.329. The summed E-state index contributed by atoms with van der Waals surface area (Å²) in [5.41, 5.74) is 0. The van der Waals surface area contributed by atoms with Gasteiger partial charge in [-0.05, 0) is 18.8 Å². The lowest BCUT2D eigenvalue weighted by Gasteiger charge is -2.28. The summed E-state index contributed by atoms with van der Waals surface area (Å²) in [6, 6.07) is 0. The summed E-state index contributed by atoms with van der Waals surface area (Å²) in [6.45, 7) is 7.38. The molecule has 1 saturated carbocycles. The molecule has 0 aromatic carbocycles. The summed E-state index contributed by atoms with van der Waals surface area (Å²) in [7, 11) is 0. The van der Waals surface area contributed by atoms with Gasteiger partial charge in [-0.1, -0.05) is 31.9 Å². The van der Waals surface area contributed by atoms with Gasteiger partial charge in [-0.15, -0.1) is 6.58 Å². The van der Waals surface area contributed by atoms with E-state index in [-0.39, 0.29) is 0 Å². The zero-order valence-corrected chi connectivity index (χ0v) is 8.37. The molecule has 0 aliphatic heterocycles. The average molecular weight is 180 g/mol. The third kappa shape index (κ3) is 3.25. The third-order valence-electron chi connectivity index (χ3n) is 2.85. The van der Waals surface area contributed by atoms with Gasteiger partial charge in [-0.2, -0.15) is 0 Å². The van der Waals surface area contributed by atoms with E-state index in [1.807, 2.05) is 6.08 Å². The molecule has 0 saturated heterocycles. The Morgan fingerprint density at radius 2 is 1.92 bits per heavy atom. The van der Waals surface area contributed by atoms with E-state index in [9.17, 15) is 0 Å². The second-order valence-corrected chi connectivity index (χ2v) is 3.76. The molecule has 1 fully saturated rings. The van der Waals surface area contributed by atoms with E-state index in [2.05, 4.69) is 13.2 Å². The van der Waals surface area contributed by atoms with Crippen molar-refractivity contribution in [3.05, 3.63) is 25.5 Å². The van der Waals surface area contributed by atoms with Gasteiger partial charge in [0.05, 0.1) is 6.26 Å². The molecule has 1 heteroatoms. The van der Waals surface area contributed by atoms with Gasteiger partial charge in [0.15, 0.2) is 0 Å². The summed E-state index contributed by atoms with van der Waals surface area (Å²) in [4.78, 5) is 0. The molecule has 1 aliphatic carbocycles. The van der Waals surface area contributed by atoms with Crippen LogP contribution in [0.4, 0.5) is 0 Å². The monoisotopic (exact) mass is 180 g/mol. The maximum Gasteiger partial charge on any atom is 0.104 e. The van der Waals surface area contributed by atoms with Crippen molar-refractivity contribution in [3.8, 4) is 0 Å². The second kappa shape index (κ2) is 5.85. The molecule has 1 atom stereocenters. The lowest BCUT2D eigenvalue weighted by atomic mass is 9.84. The molecule has 1 aliphatic rings. The maximum absolute atomic E-state index is 5.51. The molecule has 1 unspecified atom stereocenters. The van der Waals surface area contributed by atoms with Gasteiger partial charge in [0, 0.05) is 6.42 Å². The van der Waals surface area contributed by atoms with Gasteiger partial charge >= 0.3 is 0 Å². The van der Waals surface area contributed by atoms with Gasteiger partial charge in [0.25, 0.3) is 0 Å². The van der Waals surface area contributed by atoms with Crippen LogP contribution in [0.2, 0.25) is 0 Å². The highest BCUT2D eigenvalue weighted by Gasteiger charge is 2.22. The number of hydrogen-bond donors (Lipinski definition) is 0. The number of ether oxygens (including phenoxy) is 1. The van der Waals surface area contributed by atoms with Gasteiger partial charge in [0.1, 0.15) is 6.10 Å². The van der Waals surface area contributed by atoms with Crippen LogP contribution in [0.15, 0.2) is 25.5 Å². The Labute approximate surface area is 81.5 Å². The lowest BCUT2D eigenvalue weighted by molar-refractivity contribution is 0.0694. The van der Waals surface area contributed by atoms with Gasteiger partial charge < -0.3 is 4.74 Å². The maximum atomic E-state index is 5.51. The molecule has 13 heavy (non-hydrogen) atoms. The Hall–Kier alpha value is -0.720. The zero-order chi connectivity index (χ0) is 9.52. The van der Waals surface area contributed by atoms with E-state index < -0.39 is 0 Å². The molecule has 0 heterocycles. The SMILES string of the molecule is C=CCC(OC=C)C1CCCCC1. The molecule has 1 nitrogen and oxygen atoms in total. The van der Waals surface area contributed by atoms with Gasteiger partial charge in [-0.25, -0.2) is 0 Å². The normalized spacial score (nSPS) is 20.6. The predicted molar refractivity (Wildman–Crippen MR) is 56.5 cm³/mol. The molecule has 0 aromatic rings. The summed E-state index contributed by atoms with van der Waals surface area (Å²) in [5.74, 6) is 0.727. The summed E-state index contributed by atoms with van der Waals surface area (Å²) in [6.07, 6.45) is 11.5. The van der Waals surface area contributed by atoms with Crippen molar-refractivity contribution in [2.75, 3.05) is 0 Å². The molecule has 74 valence electrons. The summed E-state index contributed by atoms with van der Waals surface area (Å²) < 4.78 is 5.51. The van der Waals surface area contributed by atoms with Crippen molar-refractivity contribution in [1.82, 2.24) is 0 Å². The summed E-state index contributed by atoms with van der Waals surface area (Å²) in [5, 5.41) is 0. The average Bonchev–Trinajstić information content (AvgIpc) is 2.19. The van der Waals surface area contributed by atoms with Crippen LogP contribution in [0.1, 0.15) is 38.5 Å². The van der Waals surface area contributed by atoms with E-state index >= 15 is 0 Å². The zero-order valence-electron chi connectivity index (χ0n) is 8.37. The molecule has 0 radical (unpaired) electrons. The molecule has 0 aromatic heterocycles. The highest BCUT2D eigenvalue weighted by molar-refractivity contribution is 4.82. The smallest absolute Gasteiger partial charge is 0.104 e. The van der Waals surface area contributed by atoms with Crippen LogP contribution in [0.25, 0.3) is 0 Å². The van der Waals surface area contributed by atoms with Crippen LogP contribution in [0, 0.1) is 5.92 Å². The molecule has 0 N–H and O–H groups in total. The highest BCUT2D eigenvalue weighted by Crippen LogP contribution is 2.29. The largest absolute Gasteiger partial charge is 0.498 e. The fourth-order valence-electron chi connectivity index (χ4n) is 2.15. The molecule has 1 rings (SSSR count). The van der Waals surface area contributed by atoms with Crippen LogP contribution >= 0.6 is 0 Å². The quantitative estimate of drug-likeness (QED) is 0.463. The first-order valence-corrected chi connectivity index (χ1v) is 5.25. The van der Waals surface area contributed by atoms with E-state index in [4.69, 9.17) is 4.74 Å². The second-order valence-electron chi connectivity index (χ2n) is 3.76. The third-order valence-corrected chi connectivity index (χ3v) is 2.85. The fourth-order valence-corrected chi connectivity index (χ4v) is 2.15. The minimum absolute atomic E-state index is 0.329. The number of hydrogen-bond acceptors (Lipinski definition) is 1. The van der Waals surface area contributed by atoms with Crippen molar-refractivity contribution >= 4 is 0 Å². The van der Waals surface area contributed by atoms with Crippen LogP contribution in [0.3, 0.4) is 0 Å². The first kappa shape index (κ1) is 10.4. The molecular weight excluding hydrogens is 160 g/mol. The first-order valence-electron chi connectivity index (χ1n) is 5.25. The first-order chi connectivity index (χ1) is 6.38. The Bertz CT molecular complexity index is 147. The van der Waals surface area contributed by atoms with Crippen LogP contribution < -0.4 is 0 Å². The number of rotatable bonds is 5. The predicted octanol–water partition coefficient (Wildman–Crippen LogP) is 3.67. The van der Waals surface area contributed by atoms with Crippen molar-refractivity contribution in [1.29, 1.82) is 0 Å². The van der Waals surface area contributed by atoms with Crippen molar-refractivity contribution in [2.24, 2.45) is 5.92 Å². The highest BCUT2D eigenvalue weighted by atomic mass is 16.5. The van der Waals surface area contributed by atoms with Crippen molar-refractivity contribution < 1.29 is 4.74 Å². The van der Waals surface area contributed by atoms with Crippen molar-refractivity contribution in [2.45, 2.75) is 44.6 Å².